The van der Waals surface area contributed by atoms with E-state index in [9.17, 15) is 14.7 Å². The van der Waals surface area contributed by atoms with Crippen LogP contribution in [0.3, 0.4) is 0 Å². The molecule has 0 bridgehead atoms. The molecule has 2 aliphatic rings. The average Bonchev–Trinajstić information content (AvgIpc) is 3.13. The van der Waals surface area contributed by atoms with Gasteiger partial charge >= 0.3 is 5.97 Å². The van der Waals surface area contributed by atoms with Crippen LogP contribution < -0.4 is 10.4 Å². The van der Waals surface area contributed by atoms with Gasteiger partial charge in [-0.15, -0.1) is 0 Å². The van der Waals surface area contributed by atoms with Crippen molar-refractivity contribution in [2.75, 3.05) is 13.7 Å². The van der Waals surface area contributed by atoms with E-state index in [2.05, 4.69) is 20.4 Å². The zero-order chi connectivity index (χ0) is 21.9. The highest BCUT2D eigenvalue weighted by molar-refractivity contribution is 5.77. The van der Waals surface area contributed by atoms with Gasteiger partial charge in [0.1, 0.15) is 13.1 Å². The Balaban J connectivity index is 1.74. The van der Waals surface area contributed by atoms with Crippen molar-refractivity contribution >= 4 is 11.9 Å². The molecule has 166 valence electrons. The lowest BCUT2D eigenvalue weighted by Crippen LogP contribution is -2.85. The van der Waals surface area contributed by atoms with E-state index in [4.69, 9.17) is 9.15 Å². The maximum absolute atomic E-state index is 12.7. The fraction of sp³-hybridized carbons (Fsp3) is 0.667. The van der Waals surface area contributed by atoms with Crippen molar-refractivity contribution in [3.63, 3.8) is 0 Å². The molecule has 0 saturated heterocycles. The van der Waals surface area contributed by atoms with Crippen LogP contribution >= 0.6 is 0 Å². The maximum Gasteiger partial charge on any atom is 0.311 e. The smallest absolute Gasteiger partial charge is 0.311 e. The molecule has 1 aromatic heterocycles. The minimum absolute atomic E-state index is 0.0293. The Morgan fingerprint density at radius 2 is 2.13 bits per heavy atom. The molecule has 1 aromatic rings. The first kappa shape index (κ1) is 22.6. The molecule has 2 saturated carbocycles. The number of furan rings is 1. The second kappa shape index (κ2) is 8.96. The lowest BCUT2D eigenvalue weighted by molar-refractivity contribution is -0.667. The number of quaternary nitrogens is 1. The number of methoxy groups -OCH3 is 1. The number of esters is 1. The summed E-state index contributed by atoms with van der Waals surface area (Å²) < 4.78 is 10.8. The summed E-state index contributed by atoms with van der Waals surface area (Å²) in [6.07, 6.45) is 8.44. The summed E-state index contributed by atoms with van der Waals surface area (Å²) in [6.45, 7) is 9.26. The zero-order valence-corrected chi connectivity index (χ0v) is 18.5. The second-order valence-electron chi connectivity index (χ2n) is 9.55. The number of nitrogens with two attached hydrogens (primary N) is 1. The first-order chi connectivity index (χ1) is 14.2. The van der Waals surface area contributed by atoms with Crippen LogP contribution in [0.15, 0.2) is 28.9 Å². The van der Waals surface area contributed by atoms with E-state index in [1.165, 1.54) is 12.7 Å². The quantitative estimate of drug-likeness (QED) is 0.515. The van der Waals surface area contributed by atoms with Gasteiger partial charge in [-0.1, -0.05) is 25.5 Å². The highest BCUT2D eigenvalue weighted by Crippen LogP contribution is 2.62. The minimum Gasteiger partial charge on any atom is -0.544 e. The van der Waals surface area contributed by atoms with Crippen LogP contribution in [-0.4, -0.2) is 25.6 Å². The highest BCUT2D eigenvalue weighted by Gasteiger charge is 2.57. The number of aryl methyl sites for hydroxylation is 1. The molecule has 30 heavy (non-hydrogen) atoms. The Labute approximate surface area is 179 Å². The monoisotopic (exact) mass is 417 g/mol. The summed E-state index contributed by atoms with van der Waals surface area (Å²) in [5.41, 5.74) is 2.01. The van der Waals surface area contributed by atoms with Crippen molar-refractivity contribution in [2.45, 2.75) is 65.3 Å². The summed E-state index contributed by atoms with van der Waals surface area (Å²) in [7, 11) is 1.50. The zero-order valence-electron chi connectivity index (χ0n) is 18.5. The summed E-state index contributed by atoms with van der Waals surface area (Å²) >= 11 is 0. The number of carboxylic acids is 1. The van der Waals surface area contributed by atoms with Crippen LogP contribution in [0.1, 0.15) is 63.7 Å². The van der Waals surface area contributed by atoms with Gasteiger partial charge in [-0.25, -0.2) is 0 Å². The van der Waals surface area contributed by atoms with Gasteiger partial charge in [0.15, 0.2) is 5.76 Å². The standard InChI is InChI=1S/C24H35NO5/c1-16-6-9-20-23(2,11-5-12-24(20,3)22(28)29-4)18(16)8-7-17-10-13-30-19(17)14-25-15-21(26)27/h10,13,18,20,25H,1,5-9,11-12,14-15H2,2-4H3,(H,26,27)/t18-,20-,23-,24+/m0/s1. The van der Waals surface area contributed by atoms with E-state index >= 15 is 0 Å². The first-order valence-electron chi connectivity index (χ1n) is 11.0. The molecule has 0 unspecified atom stereocenters. The fourth-order valence-corrected chi connectivity index (χ4v) is 6.35. The van der Waals surface area contributed by atoms with Gasteiger partial charge in [0.25, 0.3) is 0 Å². The van der Waals surface area contributed by atoms with Gasteiger partial charge in [0.2, 0.25) is 0 Å². The molecule has 3 rings (SSSR count). The predicted molar refractivity (Wildman–Crippen MR) is 110 cm³/mol. The number of allylic oxidation sites excluding steroid dienone is 1. The van der Waals surface area contributed by atoms with Gasteiger partial charge in [0, 0.05) is 0 Å². The molecule has 0 amide bonds. The van der Waals surface area contributed by atoms with Crippen LogP contribution in [-0.2, 0) is 27.3 Å². The molecule has 0 radical (unpaired) electrons. The largest absolute Gasteiger partial charge is 0.544 e. The van der Waals surface area contributed by atoms with Crippen LogP contribution in [0.4, 0.5) is 0 Å². The molecular weight excluding hydrogens is 382 g/mol. The van der Waals surface area contributed by atoms with Crippen molar-refractivity contribution in [3.05, 3.63) is 35.8 Å². The summed E-state index contributed by atoms with van der Waals surface area (Å²) in [6, 6.07) is 1.98. The van der Waals surface area contributed by atoms with Crippen LogP contribution in [0.5, 0.6) is 0 Å². The lowest BCUT2D eigenvalue weighted by atomic mass is 9.46. The summed E-state index contributed by atoms with van der Waals surface area (Å²) in [5.74, 6) is 0.302. The molecule has 0 aromatic carbocycles. The normalized spacial score (nSPS) is 31.2. The van der Waals surface area contributed by atoms with Gasteiger partial charge < -0.3 is 24.4 Å². The number of hydrogen-bond donors (Lipinski definition) is 1. The minimum atomic E-state index is -1.08. The van der Waals surface area contributed by atoms with Crippen molar-refractivity contribution in [3.8, 4) is 0 Å². The van der Waals surface area contributed by atoms with Gasteiger partial charge in [-0.2, -0.15) is 0 Å². The molecule has 1 heterocycles. The number of fused-ring (bicyclic) bond motifs is 1. The number of rotatable bonds is 8. The van der Waals surface area contributed by atoms with Crippen molar-refractivity contribution in [1.82, 2.24) is 0 Å². The Bertz CT molecular complexity index is 799. The highest BCUT2D eigenvalue weighted by atomic mass is 16.5. The van der Waals surface area contributed by atoms with E-state index < -0.39 is 11.4 Å². The Hall–Kier alpha value is -2.08. The van der Waals surface area contributed by atoms with Crippen LogP contribution in [0.2, 0.25) is 0 Å². The predicted octanol–water partition coefficient (Wildman–Crippen LogP) is 1.98. The molecule has 0 aliphatic heterocycles. The van der Waals surface area contributed by atoms with E-state index in [0.29, 0.717) is 18.4 Å². The summed E-state index contributed by atoms with van der Waals surface area (Å²) in [5, 5.41) is 12.3. The molecule has 2 aliphatic carbocycles. The van der Waals surface area contributed by atoms with E-state index in [1.807, 2.05) is 6.07 Å². The SMILES string of the molecule is C=C1CC[C@H]2[C@@](C)(CCC[C@@]2(C)C(=O)OC)[C@H]1CCc1ccoc1C[NH2+]CC(=O)[O-]. The number of hydrogen-bond acceptors (Lipinski definition) is 5. The Morgan fingerprint density at radius 1 is 1.37 bits per heavy atom. The third-order valence-electron chi connectivity index (χ3n) is 7.85. The van der Waals surface area contributed by atoms with Gasteiger partial charge in [0.05, 0.1) is 24.8 Å². The Morgan fingerprint density at radius 3 is 2.83 bits per heavy atom. The molecule has 2 N–H and O–H groups in total. The fourth-order valence-electron chi connectivity index (χ4n) is 6.35. The van der Waals surface area contributed by atoms with Crippen molar-refractivity contribution in [2.24, 2.45) is 22.7 Å². The van der Waals surface area contributed by atoms with E-state index in [0.717, 1.165) is 56.3 Å². The van der Waals surface area contributed by atoms with E-state index in [-0.39, 0.29) is 17.9 Å². The summed E-state index contributed by atoms with van der Waals surface area (Å²) in [4.78, 5) is 23.4. The van der Waals surface area contributed by atoms with Crippen molar-refractivity contribution < 1.29 is 29.2 Å². The third-order valence-corrected chi connectivity index (χ3v) is 7.85. The van der Waals surface area contributed by atoms with E-state index in [1.54, 1.807) is 11.6 Å². The lowest BCUT2D eigenvalue weighted by Gasteiger charge is -2.57. The second-order valence-corrected chi connectivity index (χ2v) is 9.55. The molecule has 4 atom stereocenters. The molecule has 0 spiro atoms. The number of carboxylic acid groups (broad SMARTS) is 1. The molecule has 6 nitrogen and oxygen atoms in total. The maximum atomic E-state index is 12.7. The number of carbonyl (C=O) groups excluding carboxylic acids is 2. The van der Waals surface area contributed by atoms with Crippen molar-refractivity contribution in [1.29, 1.82) is 0 Å². The number of ether oxygens (including phenoxy) is 1. The molecule has 2 fully saturated rings. The third kappa shape index (κ3) is 4.20. The van der Waals surface area contributed by atoms with Crippen LogP contribution in [0, 0.1) is 22.7 Å². The van der Waals surface area contributed by atoms with Gasteiger partial charge in [-0.05, 0) is 74.3 Å². The molecule has 6 heteroatoms. The van der Waals surface area contributed by atoms with Gasteiger partial charge in [-0.3, -0.25) is 4.79 Å². The Kier molecular flexibility index (Phi) is 6.75. The molecular formula is C24H35NO5. The van der Waals surface area contributed by atoms with Crippen LogP contribution in [0.25, 0.3) is 0 Å². The number of aliphatic carboxylic acids is 1. The first-order valence-corrected chi connectivity index (χ1v) is 11.0. The number of carbonyl (C=O) groups is 2. The average molecular weight is 418 g/mol. The topological polar surface area (TPSA) is 96.2 Å².